The van der Waals surface area contributed by atoms with Crippen molar-refractivity contribution in [1.82, 2.24) is 5.32 Å². The lowest BCUT2D eigenvalue weighted by atomic mass is 10.0. The molecule has 0 radical (unpaired) electrons. The summed E-state index contributed by atoms with van der Waals surface area (Å²) in [5.41, 5.74) is 0.606. The highest BCUT2D eigenvalue weighted by atomic mass is 16.5. The lowest BCUT2D eigenvalue weighted by molar-refractivity contribution is 0.0553. The van der Waals surface area contributed by atoms with Crippen molar-refractivity contribution in [1.29, 1.82) is 0 Å². The standard InChI is InChI=1S/C15H25NO2/c1-5-14(16-4)12-6-8-13(9-7-12)18-11-10-15(2,3)17/h6-9,14,16-17H,5,10-11H2,1-4H3. The molecule has 1 rings (SSSR count). The molecule has 1 aromatic carbocycles. The Morgan fingerprint density at radius 3 is 2.33 bits per heavy atom. The molecular weight excluding hydrogens is 226 g/mol. The summed E-state index contributed by atoms with van der Waals surface area (Å²) >= 11 is 0. The van der Waals surface area contributed by atoms with Crippen molar-refractivity contribution in [2.45, 2.75) is 45.3 Å². The van der Waals surface area contributed by atoms with Gasteiger partial charge in [0, 0.05) is 12.5 Å². The lowest BCUT2D eigenvalue weighted by Gasteiger charge is -2.18. The molecule has 0 bridgehead atoms. The van der Waals surface area contributed by atoms with Crippen LogP contribution in [0.5, 0.6) is 5.75 Å². The van der Waals surface area contributed by atoms with Crippen molar-refractivity contribution in [3.63, 3.8) is 0 Å². The highest BCUT2D eigenvalue weighted by Crippen LogP contribution is 2.20. The second-order valence-corrected chi connectivity index (χ2v) is 5.23. The van der Waals surface area contributed by atoms with Crippen molar-refractivity contribution in [3.05, 3.63) is 29.8 Å². The summed E-state index contributed by atoms with van der Waals surface area (Å²) in [6, 6.07) is 8.54. The SMILES string of the molecule is CCC(NC)c1ccc(OCCC(C)(C)O)cc1. The van der Waals surface area contributed by atoms with Gasteiger partial charge in [-0.2, -0.15) is 0 Å². The largest absolute Gasteiger partial charge is 0.493 e. The van der Waals surface area contributed by atoms with Gasteiger partial charge in [-0.05, 0) is 45.0 Å². The summed E-state index contributed by atoms with van der Waals surface area (Å²) in [7, 11) is 1.97. The number of aliphatic hydroxyl groups is 1. The molecule has 1 unspecified atom stereocenters. The van der Waals surface area contributed by atoms with E-state index in [1.54, 1.807) is 13.8 Å². The average molecular weight is 251 g/mol. The predicted molar refractivity (Wildman–Crippen MR) is 74.9 cm³/mol. The van der Waals surface area contributed by atoms with Crippen molar-refractivity contribution in [2.24, 2.45) is 0 Å². The minimum Gasteiger partial charge on any atom is -0.493 e. The fraction of sp³-hybridized carbons (Fsp3) is 0.600. The highest BCUT2D eigenvalue weighted by Gasteiger charge is 2.12. The Hall–Kier alpha value is -1.06. The van der Waals surface area contributed by atoms with Crippen LogP contribution >= 0.6 is 0 Å². The van der Waals surface area contributed by atoms with Crippen LogP contribution < -0.4 is 10.1 Å². The Morgan fingerprint density at radius 1 is 1.28 bits per heavy atom. The second-order valence-electron chi connectivity index (χ2n) is 5.23. The Balaban J connectivity index is 2.50. The highest BCUT2D eigenvalue weighted by molar-refractivity contribution is 5.29. The number of nitrogens with one attached hydrogen (secondary N) is 1. The van der Waals surface area contributed by atoms with Crippen molar-refractivity contribution >= 4 is 0 Å². The molecule has 3 nitrogen and oxygen atoms in total. The first-order valence-corrected chi connectivity index (χ1v) is 6.58. The zero-order valence-corrected chi connectivity index (χ0v) is 11.9. The second kappa shape index (κ2) is 6.76. The number of rotatable bonds is 7. The maximum atomic E-state index is 9.59. The molecule has 0 aliphatic rings. The molecule has 0 heterocycles. The summed E-state index contributed by atoms with van der Waals surface area (Å²) in [5.74, 6) is 0.856. The van der Waals surface area contributed by atoms with Gasteiger partial charge in [0.15, 0.2) is 0 Å². The van der Waals surface area contributed by atoms with Gasteiger partial charge in [0.05, 0.1) is 12.2 Å². The van der Waals surface area contributed by atoms with Gasteiger partial charge in [0.25, 0.3) is 0 Å². The third kappa shape index (κ3) is 5.07. The van der Waals surface area contributed by atoms with Gasteiger partial charge >= 0.3 is 0 Å². The van der Waals surface area contributed by atoms with E-state index in [9.17, 15) is 5.11 Å². The first-order chi connectivity index (χ1) is 8.46. The summed E-state index contributed by atoms with van der Waals surface area (Å²) in [6.45, 7) is 6.28. The van der Waals surface area contributed by atoms with Gasteiger partial charge in [-0.1, -0.05) is 19.1 Å². The molecule has 0 saturated carbocycles. The van der Waals surface area contributed by atoms with E-state index in [-0.39, 0.29) is 0 Å². The smallest absolute Gasteiger partial charge is 0.119 e. The molecule has 0 spiro atoms. The van der Waals surface area contributed by atoms with Crippen molar-refractivity contribution in [2.75, 3.05) is 13.7 Å². The summed E-state index contributed by atoms with van der Waals surface area (Å²) in [4.78, 5) is 0. The average Bonchev–Trinajstić information content (AvgIpc) is 2.31. The van der Waals surface area contributed by atoms with Gasteiger partial charge in [0.1, 0.15) is 5.75 Å². The Bertz CT molecular complexity index is 337. The van der Waals surface area contributed by atoms with E-state index in [2.05, 4.69) is 24.4 Å². The molecule has 18 heavy (non-hydrogen) atoms. The zero-order valence-electron chi connectivity index (χ0n) is 11.9. The topological polar surface area (TPSA) is 41.5 Å². The monoisotopic (exact) mass is 251 g/mol. The molecule has 0 aliphatic carbocycles. The lowest BCUT2D eigenvalue weighted by Crippen LogP contribution is -2.21. The van der Waals surface area contributed by atoms with Gasteiger partial charge in [-0.3, -0.25) is 0 Å². The molecule has 0 amide bonds. The predicted octanol–water partition coefficient (Wildman–Crippen LogP) is 2.90. The molecule has 0 aliphatic heterocycles. The quantitative estimate of drug-likeness (QED) is 0.783. The number of ether oxygens (including phenoxy) is 1. The molecule has 1 aromatic rings. The first-order valence-electron chi connectivity index (χ1n) is 6.58. The fourth-order valence-electron chi connectivity index (χ4n) is 1.82. The minimum absolute atomic E-state index is 0.399. The van der Waals surface area contributed by atoms with Crippen LogP contribution in [0.3, 0.4) is 0 Å². The number of hydrogen-bond donors (Lipinski definition) is 2. The van der Waals surface area contributed by atoms with Crippen LogP contribution in [-0.2, 0) is 0 Å². The molecule has 102 valence electrons. The van der Waals surface area contributed by atoms with Crippen LogP contribution in [0.15, 0.2) is 24.3 Å². The minimum atomic E-state index is -0.667. The molecule has 3 heteroatoms. The van der Waals surface area contributed by atoms with E-state index in [0.717, 1.165) is 12.2 Å². The summed E-state index contributed by atoms with van der Waals surface area (Å²) in [5, 5.41) is 12.9. The van der Waals surface area contributed by atoms with Crippen LogP contribution in [0.2, 0.25) is 0 Å². The van der Waals surface area contributed by atoms with Crippen LogP contribution in [0.25, 0.3) is 0 Å². The van der Waals surface area contributed by atoms with E-state index in [1.165, 1.54) is 5.56 Å². The third-order valence-corrected chi connectivity index (χ3v) is 3.02. The molecule has 2 N–H and O–H groups in total. The van der Waals surface area contributed by atoms with E-state index >= 15 is 0 Å². The van der Waals surface area contributed by atoms with Crippen molar-refractivity contribution in [3.8, 4) is 5.75 Å². The molecule has 0 fully saturated rings. The van der Waals surface area contributed by atoms with E-state index < -0.39 is 5.60 Å². The zero-order chi connectivity index (χ0) is 13.6. The normalized spacial score (nSPS) is 13.4. The molecule has 0 saturated heterocycles. The fourth-order valence-corrected chi connectivity index (χ4v) is 1.82. The van der Waals surface area contributed by atoms with Gasteiger partial charge < -0.3 is 15.2 Å². The van der Waals surface area contributed by atoms with Gasteiger partial charge in [-0.15, -0.1) is 0 Å². The van der Waals surface area contributed by atoms with Crippen LogP contribution in [0, 0.1) is 0 Å². The van der Waals surface area contributed by atoms with E-state index in [1.807, 2.05) is 19.2 Å². The summed E-state index contributed by atoms with van der Waals surface area (Å²) < 4.78 is 5.60. The number of benzene rings is 1. The Kier molecular flexibility index (Phi) is 5.63. The van der Waals surface area contributed by atoms with Gasteiger partial charge in [-0.25, -0.2) is 0 Å². The van der Waals surface area contributed by atoms with Gasteiger partial charge in [0.2, 0.25) is 0 Å². The van der Waals surface area contributed by atoms with Crippen LogP contribution in [0.4, 0.5) is 0 Å². The van der Waals surface area contributed by atoms with Crippen LogP contribution in [0.1, 0.15) is 45.2 Å². The maximum absolute atomic E-state index is 9.59. The van der Waals surface area contributed by atoms with Crippen molar-refractivity contribution < 1.29 is 9.84 Å². The molecule has 0 aromatic heterocycles. The first kappa shape index (κ1) is 15.0. The Labute approximate surface area is 110 Å². The molecule has 1 atom stereocenters. The summed E-state index contributed by atoms with van der Waals surface area (Å²) in [6.07, 6.45) is 1.69. The third-order valence-electron chi connectivity index (χ3n) is 3.02. The Morgan fingerprint density at radius 2 is 1.89 bits per heavy atom. The number of hydrogen-bond acceptors (Lipinski definition) is 3. The van der Waals surface area contributed by atoms with Crippen LogP contribution in [-0.4, -0.2) is 24.4 Å². The maximum Gasteiger partial charge on any atom is 0.119 e. The van der Waals surface area contributed by atoms with E-state index in [4.69, 9.17) is 4.74 Å². The molecular formula is C15H25NO2. The van der Waals surface area contributed by atoms with E-state index in [0.29, 0.717) is 19.1 Å².